The van der Waals surface area contributed by atoms with Gasteiger partial charge < -0.3 is 9.72 Å². The van der Waals surface area contributed by atoms with Gasteiger partial charge in [0.25, 0.3) is 0 Å². The second-order valence-electron chi connectivity index (χ2n) is 6.81. The molecule has 1 heterocycles. The molecule has 1 aliphatic carbocycles. The van der Waals surface area contributed by atoms with E-state index in [0.717, 1.165) is 44.7 Å². The van der Waals surface area contributed by atoms with E-state index in [4.69, 9.17) is 17.0 Å². The van der Waals surface area contributed by atoms with Crippen LogP contribution in [0.25, 0.3) is 0 Å². The predicted molar refractivity (Wildman–Crippen MR) is 91.8 cm³/mol. The van der Waals surface area contributed by atoms with E-state index >= 15 is 0 Å². The number of ether oxygens (including phenoxy) is 1. The normalized spacial score (nSPS) is 22.9. The lowest BCUT2D eigenvalue weighted by Crippen LogP contribution is -2.43. The Bertz CT molecular complexity index is 700. The summed E-state index contributed by atoms with van der Waals surface area (Å²) >= 11 is 4.90. The molecular formula is C17H25FN2O3S. The van der Waals surface area contributed by atoms with Gasteiger partial charge in [-0.3, -0.25) is 9.36 Å². The van der Waals surface area contributed by atoms with Crippen molar-refractivity contribution in [1.82, 2.24) is 9.55 Å². The standard InChI is InChI=1S/C17H25FN2O3S/c1-12-7-8-17(12,2)15(21)23-10-6-4-3-5-9-20-14(24)13(18)11-19-16(20)22/h11-12H,3-10H2,1-2H3,(H,19,22). The van der Waals surface area contributed by atoms with Gasteiger partial charge in [0.05, 0.1) is 12.0 Å². The Balaban J connectivity index is 1.63. The third-order valence-corrected chi connectivity index (χ3v) is 5.59. The highest BCUT2D eigenvalue weighted by Gasteiger charge is 2.47. The maximum absolute atomic E-state index is 13.3. The molecule has 0 saturated heterocycles. The predicted octanol–water partition coefficient (Wildman–Crippen LogP) is 3.58. The number of hydrogen-bond acceptors (Lipinski definition) is 4. The van der Waals surface area contributed by atoms with E-state index in [2.05, 4.69) is 11.9 Å². The molecule has 1 aromatic rings. The van der Waals surface area contributed by atoms with Crippen molar-refractivity contribution in [2.45, 2.75) is 58.9 Å². The van der Waals surface area contributed by atoms with E-state index in [1.807, 2.05) is 6.92 Å². The molecule has 0 spiro atoms. The lowest BCUT2D eigenvalue weighted by atomic mass is 9.62. The summed E-state index contributed by atoms with van der Waals surface area (Å²) < 4.78 is 19.9. The Hall–Kier alpha value is -1.50. The van der Waals surface area contributed by atoms with E-state index in [-0.39, 0.29) is 16.0 Å². The average Bonchev–Trinajstić information content (AvgIpc) is 2.57. The molecule has 2 unspecified atom stereocenters. The number of rotatable bonds is 8. The number of aromatic nitrogens is 2. The number of nitrogens with one attached hydrogen (secondary N) is 1. The molecular weight excluding hydrogens is 331 g/mol. The highest BCUT2D eigenvalue weighted by Crippen LogP contribution is 2.46. The van der Waals surface area contributed by atoms with Crippen LogP contribution in [0, 0.1) is 21.8 Å². The van der Waals surface area contributed by atoms with E-state index in [1.54, 1.807) is 0 Å². The minimum Gasteiger partial charge on any atom is -0.465 e. The number of hydrogen-bond donors (Lipinski definition) is 1. The number of esters is 1. The van der Waals surface area contributed by atoms with Crippen LogP contribution in [0.2, 0.25) is 0 Å². The average molecular weight is 356 g/mol. The van der Waals surface area contributed by atoms with Crippen molar-refractivity contribution in [3.63, 3.8) is 0 Å². The van der Waals surface area contributed by atoms with Crippen molar-refractivity contribution in [3.8, 4) is 0 Å². The van der Waals surface area contributed by atoms with Crippen LogP contribution in [-0.2, 0) is 16.1 Å². The highest BCUT2D eigenvalue weighted by molar-refractivity contribution is 7.71. The van der Waals surface area contributed by atoms with Crippen molar-refractivity contribution >= 4 is 18.2 Å². The van der Waals surface area contributed by atoms with Gasteiger partial charge in [-0.05, 0) is 44.9 Å². The Morgan fingerprint density at radius 1 is 1.46 bits per heavy atom. The first-order valence-corrected chi connectivity index (χ1v) is 8.92. The number of halogens is 1. The third-order valence-electron chi connectivity index (χ3n) is 5.18. The lowest BCUT2D eigenvalue weighted by molar-refractivity contribution is -0.165. The number of carbonyl (C=O) groups is 1. The molecule has 1 fully saturated rings. The fourth-order valence-electron chi connectivity index (χ4n) is 2.91. The zero-order chi connectivity index (χ0) is 17.7. The molecule has 0 amide bonds. The molecule has 0 bridgehead atoms. The van der Waals surface area contributed by atoms with Crippen molar-refractivity contribution in [1.29, 1.82) is 0 Å². The number of unbranched alkanes of at least 4 members (excludes halogenated alkanes) is 3. The zero-order valence-corrected chi connectivity index (χ0v) is 15.1. The fraction of sp³-hybridized carbons (Fsp3) is 0.706. The first-order chi connectivity index (χ1) is 11.4. The van der Waals surface area contributed by atoms with Gasteiger partial charge in [-0.2, -0.15) is 0 Å². The summed E-state index contributed by atoms with van der Waals surface area (Å²) in [5, 5.41) is 0. The third kappa shape index (κ3) is 4.12. The van der Waals surface area contributed by atoms with E-state index in [1.165, 1.54) is 4.57 Å². The van der Waals surface area contributed by atoms with Crippen LogP contribution in [0.3, 0.4) is 0 Å². The quantitative estimate of drug-likeness (QED) is 0.439. The van der Waals surface area contributed by atoms with Gasteiger partial charge in [-0.15, -0.1) is 0 Å². The first-order valence-electron chi connectivity index (χ1n) is 8.51. The van der Waals surface area contributed by atoms with Crippen LogP contribution in [-0.4, -0.2) is 22.1 Å². The summed E-state index contributed by atoms with van der Waals surface area (Å²) in [5.74, 6) is -0.270. The van der Waals surface area contributed by atoms with Gasteiger partial charge in [0.15, 0.2) is 5.82 Å². The minimum atomic E-state index is -0.588. The molecule has 2 rings (SSSR count). The van der Waals surface area contributed by atoms with Crippen molar-refractivity contribution in [3.05, 3.63) is 27.1 Å². The van der Waals surface area contributed by atoms with Crippen molar-refractivity contribution in [2.24, 2.45) is 11.3 Å². The van der Waals surface area contributed by atoms with E-state index in [0.29, 0.717) is 19.1 Å². The van der Waals surface area contributed by atoms with Crippen molar-refractivity contribution in [2.75, 3.05) is 6.61 Å². The Morgan fingerprint density at radius 2 is 2.17 bits per heavy atom. The van der Waals surface area contributed by atoms with Crippen LogP contribution in [0.1, 0.15) is 52.4 Å². The summed E-state index contributed by atoms with van der Waals surface area (Å²) in [4.78, 5) is 26.0. The van der Waals surface area contributed by atoms with Crippen LogP contribution in [0.5, 0.6) is 0 Å². The van der Waals surface area contributed by atoms with Gasteiger partial charge >= 0.3 is 11.7 Å². The topological polar surface area (TPSA) is 64.1 Å². The van der Waals surface area contributed by atoms with Crippen LogP contribution < -0.4 is 5.69 Å². The maximum atomic E-state index is 13.3. The molecule has 1 saturated carbocycles. The molecule has 134 valence electrons. The molecule has 0 radical (unpaired) electrons. The lowest BCUT2D eigenvalue weighted by Gasteiger charge is -2.42. The Kier molecular flexibility index (Phi) is 6.32. The van der Waals surface area contributed by atoms with E-state index in [9.17, 15) is 14.0 Å². The first kappa shape index (κ1) is 18.8. The maximum Gasteiger partial charge on any atom is 0.326 e. The number of aromatic amines is 1. The monoisotopic (exact) mass is 356 g/mol. The zero-order valence-electron chi connectivity index (χ0n) is 14.3. The summed E-state index contributed by atoms with van der Waals surface area (Å²) in [6.45, 7) is 4.88. The highest BCUT2D eigenvalue weighted by atomic mass is 32.1. The fourth-order valence-corrected chi connectivity index (χ4v) is 3.15. The second-order valence-corrected chi connectivity index (χ2v) is 7.19. The smallest absolute Gasteiger partial charge is 0.326 e. The largest absolute Gasteiger partial charge is 0.465 e. The van der Waals surface area contributed by atoms with E-state index < -0.39 is 11.5 Å². The molecule has 5 nitrogen and oxygen atoms in total. The molecule has 24 heavy (non-hydrogen) atoms. The van der Waals surface area contributed by atoms with Crippen LogP contribution in [0.4, 0.5) is 4.39 Å². The SMILES string of the molecule is CC1CCC1(C)C(=O)OCCCCCCn1c(=O)[nH]cc(F)c1=S. The number of carbonyl (C=O) groups excluding carboxylic acids is 1. The number of nitrogens with zero attached hydrogens (tertiary/aromatic N) is 1. The van der Waals surface area contributed by atoms with Crippen LogP contribution in [0.15, 0.2) is 11.0 Å². The van der Waals surface area contributed by atoms with Gasteiger partial charge in [-0.1, -0.05) is 25.6 Å². The van der Waals surface area contributed by atoms with Gasteiger partial charge in [0.1, 0.15) is 4.64 Å². The minimum absolute atomic E-state index is 0.0597. The molecule has 0 aliphatic heterocycles. The van der Waals surface area contributed by atoms with Gasteiger partial charge in [-0.25, -0.2) is 9.18 Å². The van der Waals surface area contributed by atoms with Gasteiger partial charge in [0.2, 0.25) is 0 Å². The van der Waals surface area contributed by atoms with Crippen molar-refractivity contribution < 1.29 is 13.9 Å². The molecule has 1 aliphatic rings. The molecule has 1 aromatic heterocycles. The summed E-state index contributed by atoms with van der Waals surface area (Å²) in [6, 6.07) is 0. The summed E-state index contributed by atoms with van der Waals surface area (Å²) in [7, 11) is 0. The Labute approximate surface area is 146 Å². The second kappa shape index (κ2) is 8.05. The summed E-state index contributed by atoms with van der Waals surface area (Å²) in [6.07, 6.45) is 6.26. The number of H-pyrrole nitrogens is 1. The Morgan fingerprint density at radius 3 is 2.79 bits per heavy atom. The van der Waals surface area contributed by atoms with Gasteiger partial charge in [0, 0.05) is 12.7 Å². The molecule has 0 aromatic carbocycles. The summed E-state index contributed by atoms with van der Waals surface area (Å²) in [5.41, 5.74) is -0.687. The molecule has 1 N–H and O–H groups in total. The van der Waals surface area contributed by atoms with Crippen LogP contribution >= 0.6 is 12.2 Å². The molecule has 7 heteroatoms. The molecule has 2 atom stereocenters.